The summed E-state index contributed by atoms with van der Waals surface area (Å²) in [6.45, 7) is 8.58. The highest BCUT2D eigenvalue weighted by molar-refractivity contribution is 6.33. The minimum atomic E-state index is -0.221. The Morgan fingerprint density at radius 1 is 1.10 bits per heavy atom. The number of para-hydroxylation sites is 1. The van der Waals surface area contributed by atoms with E-state index in [0.717, 1.165) is 29.8 Å². The number of rotatable bonds is 7. The molecule has 0 radical (unpaired) electrons. The molecule has 0 bridgehead atoms. The second kappa shape index (κ2) is 12.5. The smallest absolute Gasteiger partial charge is 0.253 e. The van der Waals surface area contributed by atoms with Crippen molar-refractivity contribution in [2.75, 3.05) is 63.6 Å². The maximum absolute atomic E-state index is 12.8. The molecule has 11 heteroatoms. The first kappa shape index (κ1) is 27.6. The van der Waals surface area contributed by atoms with Crippen LogP contribution in [0.3, 0.4) is 0 Å². The van der Waals surface area contributed by atoms with Crippen LogP contribution in [0.5, 0.6) is 0 Å². The minimum Gasteiger partial charge on any atom is -0.378 e. The summed E-state index contributed by atoms with van der Waals surface area (Å²) in [7, 11) is 1.58. The number of morpholine rings is 1. The van der Waals surface area contributed by atoms with Crippen molar-refractivity contribution in [3.63, 3.8) is 0 Å². The van der Waals surface area contributed by atoms with Crippen LogP contribution < -0.4 is 16.0 Å². The summed E-state index contributed by atoms with van der Waals surface area (Å²) in [6.07, 6.45) is 2.33. The quantitative estimate of drug-likeness (QED) is 0.400. The molecule has 3 N–H and O–H groups in total. The summed E-state index contributed by atoms with van der Waals surface area (Å²) in [5.41, 5.74) is 5.04. The van der Waals surface area contributed by atoms with Gasteiger partial charge >= 0.3 is 0 Å². The summed E-state index contributed by atoms with van der Waals surface area (Å²) in [6, 6.07) is 13.2. The molecule has 0 spiro atoms. The summed E-state index contributed by atoms with van der Waals surface area (Å²) in [5, 5.41) is 9.36. The van der Waals surface area contributed by atoms with Gasteiger partial charge in [0.05, 0.1) is 37.2 Å². The van der Waals surface area contributed by atoms with Gasteiger partial charge in [-0.15, -0.1) is 0 Å². The number of carbonyl (C=O) groups is 2. The Morgan fingerprint density at radius 2 is 1.90 bits per heavy atom. The van der Waals surface area contributed by atoms with Crippen LogP contribution in [0, 0.1) is 0 Å². The van der Waals surface area contributed by atoms with Crippen LogP contribution in [0.25, 0.3) is 5.57 Å². The van der Waals surface area contributed by atoms with Crippen LogP contribution in [0.1, 0.15) is 21.5 Å². The molecular formula is C29H32ClN7O3. The number of nitrogens with one attached hydrogen (secondary N) is 3. The van der Waals surface area contributed by atoms with Crippen molar-refractivity contribution in [1.29, 1.82) is 0 Å². The predicted octanol–water partition coefficient (Wildman–Crippen LogP) is 3.71. The average molecular weight is 562 g/mol. The Hall–Kier alpha value is -3.99. The number of anilines is 4. The summed E-state index contributed by atoms with van der Waals surface area (Å²) < 4.78 is 5.37. The molecule has 1 fully saturated rings. The van der Waals surface area contributed by atoms with Gasteiger partial charge in [0.25, 0.3) is 5.91 Å². The topological polar surface area (TPSA) is 112 Å². The first-order valence-corrected chi connectivity index (χ1v) is 13.6. The average Bonchev–Trinajstić information content (AvgIpc) is 3.13. The van der Waals surface area contributed by atoms with E-state index in [1.54, 1.807) is 25.2 Å². The minimum absolute atomic E-state index is 0.131. The molecule has 0 atom stereocenters. The Balaban J connectivity index is 1.28. The van der Waals surface area contributed by atoms with Gasteiger partial charge in [0.1, 0.15) is 5.02 Å². The molecule has 3 aromatic rings. The van der Waals surface area contributed by atoms with E-state index in [0.29, 0.717) is 67.4 Å². The lowest BCUT2D eigenvalue weighted by Gasteiger charge is -2.29. The maximum Gasteiger partial charge on any atom is 0.253 e. The molecule has 40 heavy (non-hydrogen) atoms. The van der Waals surface area contributed by atoms with Gasteiger partial charge in [0.2, 0.25) is 11.9 Å². The van der Waals surface area contributed by atoms with Crippen molar-refractivity contribution in [2.24, 2.45) is 0 Å². The molecule has 1 aromatic heterocycles. The molecule has 0 aliphatic carbocycles. The van der Waals surface area contributed by atoms with Gasteiger partial charge in [0.15, 0.2) is 5.82 Å². The molecule has 0 unspecified atom stereocenters. The third kappa shape index (κ3) is 6.41. The largest absolute Gasteiger partial charge is 0.378 e. The molecule has 2 aliphatic rings. The maximum atomic E-state index is 12.8. The second-order valence-corrected chi connectivity index (χ2v) is 10.1. The Labute approximate surface area is 238 Å². The van der Waals surface area contributed by atoms with E-state index in [9.17, 15) is 9.59 Å². The molecule has 1 saturated heterocycles. The lowest BCUT2D eigenvalue weighted by atomic mass is 9.99. The fraction of sp³-hybridized carbons (Fsp3) is 0.310. The molecule has 5 rings (SSSR count). The van der Waals surface area contributed by atoms with E-state index in [-0.39, 0.29) is 11.8 Å². The van der Waals surface area contributed by atoms with E-state index in [2.05, 4.69) is 43.5 Å². The van der Waals surface area contributed by atoms with Crippen LogP contribution in [-0.2, 0) is 16.0 Å². The van der Waals surface area contributed by atoms with E-state index in [4.69, 9.17) is 16.3 Å². The monoisotopic (exact) mass is 561 g/mol. The lowest BCUT2D eigenvalue weighted by Crippen LogP contribution is -2.46. The van der Waals surface area contributed by atoms with Crippen molar-refractivity contribution in [3.05, 3.63) is 77.0 Å². The zero-order valence-electron chi connectivity index (χ0n) is 22.4. The number of aromatic nitrogens is 2. The van der Waals surface area contributed by atoms with Crippen molar-refractivity contribution in [3.8, 4) is 0 Å². The van der Waals surface area contributed by atoms with Crippen LogP contribution in [-0.4, -0.2) is 84.6 Å². The number of amides is 2. The van der Waals surface area contributed by atoms with Gasteiger partial charge in [-0.3, -0.25) is 14.5 Å². The first-order valence-electron chi connectivity index (χ1n) is 13.2. The second-order valence-electron chi connectivity index (χ2n) is 9.69. The molecule has 0 saturated carbocycles. The first-order chi connectivity index (χ1) is 19.4. The van der Waals surface area contributed by atoms with Gasteiger partial charge in [-0.05, 0) is 47.4 Å². The highest BCUT2D eigenvalue weighted by Crippen LogP contribution is 2.30. The third-order valence-corrected chi connectivity index (χ3v) is 7.25. The Morgan fingerprint density at radius 3 is 2.70 bits per heavy atom. The van der Waals surface area contributed by atoms with Gasteiger partial charge in [-0.1, -0.05) is 36.4 Å². The van der Waals surface area contributed by atoms with Crippen LogP contribution in [0.15, 0.2) is 55.2 Å². The molecule has 208 valence electrons. The molecule has 2 aliphatic heterocycles. The number of ether oxygens (including phenoxy) is 1. The highest BCUT2D eigenvalue weighted by atomic mass is 35.5. The van der Waals surface area contributed by atoms with Crippen molar-refractivity contribution in [1.82, 2.24) is 25.1 Å². The van der Waals surface area contributed by atoms with Gasteiger partial charge in [-0.2, -0.15) is 4.98 Å². The fourth-order valence-electron chi connectivity index (χ4n) is 4.85. The number of hydrogen-bond acceptors (Lipinski definition) is 8. The number of carbonyl (C=O) groups excluding carboxylic acids is 2. The van der Waals surface area contributed by atoms with E-state index in [1.807, 2.05) is 23.1 Å². The zero-order chi connectivity index (χ0) is 28.1. The van der Waals surface area contributed by atoms with E-state index in [1.165, 1.54) is 11.8 Å². The van der Waals surface area contributed by atoms with Gasteiger partial charge < -0.3 is 25.6 Å². The highest BCUT2D eigenvalue weighted by Gasteiger charge is 2.23. The van der Waals surface area contributed by atoms with Gasteiger partial charge in [0, 0.05) is 38.9 Å². The lowest BCUT2D eigenvalue weighted by molar-refractivity contribution is -0.136. The Bertz CT molecular complexity index is 1420. The number of benzene rings is 2. The van der Waals surface area contributed by atoms with Crippen molar-refractivity contribution >= 4 is 52.1 Å². The molecule has 2 amide bonds. The Kier molecular flexibility index (Phi) is 8.59. The van der Waals surface area contributed by atoms with Crippen LogP contribution in [0.2, 0.25) is 5.02 Å². The summed E-state index contributed by atoms with van der Waals surface area (Å²) >= 11 is 6.38. The zero-order valence-corrected chi connectivity index (χ0v) is 23.1. The molecule has 2 aromatic carbocycles. The number of nitrogens with zero attached hydrogens (tertiary/aromatic N) is 4. The standard InChI is InChI=1S/C29H32ClN7O3/c1-19-17-36(18-26(38)37-11-13-40-14-12-37)10-9-20-7-8-21(15-23(19)20)33-29-32-16-24(30)27(35-29)34-25-6-4-3-5-22(25)28(39)31-2/h3-8,15-16H,1,9-14,17-18H2,2H3,(H,31,39)(H2,32,33,34,35). The normalized spacial score (nSPS) is 15.7. The number of halogens is 1. The SMILES string of the molecule is C=C1CN(CC(=O)N2CCOCC2)CCc2ccc(Nc3ncc(Cl)c(Nc4ccccc4C(=O)NC)n3)cc21. The van der Waals surface area contributed by atoms with Crippen molar-refractivity contribution in [2.45, 2.75) is 6.42 Å². The van der Waals surface area contributed by atoms with E-state index >= 15 is 0 Å². The predicted molar refractivity (Wildman–Crippen MR) is 156 cm³/mol. The van der Waals surface area contributed by atoms with Crippen LogP contribution >= 0.6 is 11.6 Å². The van der Waals surface area contributed by atoms with Gasteiger partial charge in [-0.25, -0.2) is 4.98 Å². The molecular weight excluding hydrogens is 530 g/mol. The summed E-state index contributed by atoms with van der Waals surface area (Å²) in [5.74, 6) is 0.629. The summed E-state index contributed by atoms with van der Waals surface area (Å²) in [4.78, 5) is 38.0. The van der Waals surface area contributed by atoms with E-state index < -0.39 is 0 Å². The number of fused-ring (bicyclic) bond motifs is 1. The molecule has 3 heterocycles. The number of hydrogen-bond donors (Lipinski definition) is 3. The fourth-order valence-corrected chi connectivity index (χ4v) is 4.99. The van der Waals surface area contributed by atoms with Crippen LogP contribution in [0.4, 0.5) is 23.1 Å². The third-order valence-electron chi connectivity index (χ3n) is 6.98. The molecule has 10 nitrogen and oxygen atoms in total. The van der Waals surface area contributed by atoms with Crippen molar-refractivity contribution < 1.29 is 14.3 Å².